The van der Waals surface area contributed by atoms with Crippen LogP contribution in [-0.2, 0) is 14.3 Å². The molecule has 13 heavy (non-hydrogen) atoms. The van der Waals surface area contributed by atoms with Gasteiger partial charge in [0.1, 0.15) is 5.60 Å². The Bertz CT molecular complexity index is 227. The second-order valence-corrected chi connectivity index (χ2v) is 3.36. The number of carbonyl (C=O) groups excluding carboxylic acids is 1. The van der Waals surface area contributed by atoms with Gasteiger partial charge < -0.3 is 9.47 Å². The van der Waals surface area contributed by atoms with Crippen molar-refractivity contribution < 1.29 is 14.3 Å². The molecule has 4 heteroatoms. The van der Waals surface area contributed by atoms with Crippen LogP contribution in [0.4, 0.5) is 0 Å². The second-order valence-electron chi connectivity index (χ2n) is 3.36. The van der Waals surface area contributed by atoms with Gasteiger partial charge in [0.05, 0.1) is 7.11 Å². The number of carbonyl (C=O) groups is 1. The van der Waals surface area contributed by atoms with Crippen molar-refractivity contribution in [3.05, 3.63) is 0 Å². The van der Waals surface area contributed by atoms with E-state index in [0.29, 0.717) is 0 Å². The number of aliphatic imine (C=N–C) groups is 1. The van der Waals surface area contributed by atoms with Gasteiger partial charge in [-0.1, -0.05) is 13.3 Å². The Morgan fingerprint density at radius 1 is 1.77 bits per heavy atom. The first-order valence-corrected chi connectivity index (χ1v) is 4.41. The normalized spacial score (nSPS) is 31.5. The summed E-state index contributed by atoms with van der Waals surface area (Å²) >= 11 is 0. The Labute approximate surface area is 77.9 Å². The highest BCUT2D eigenvalue weighted by Crippen LogP contribution is 2.28. The van der Waals surface area contributed by atoms with Gasteiger partial charge in [-0.05, 0) is 13.3 Å². The molecule has 0 radical (unpaired) electrons. The van der Waals surface area contributed by atoms with Crippen LogP contribution in [0.3, 0.4) is 0 Å². The van der Waals surface area contributed by atoms with E-state index in [9.17, 15) is 4.79 Å². The third-order valence-electron chi connectivity index (χ3n) is 2.28. The Balaban J connectivity index is 2.71. The van der Waals surface area contributed by atoms with E-state index in [-0.39, 0.29) is 5.97 Å². The molecule has 0 aliphatic carbocycles. The summed E-state index contributed by atoms with van der Waals surface area (Å²) in [5.41, 5.74) is -0.512. The van der Waals surface area contributed by atoms with Gasteiger partial charge in [0.15, 0.2) is 12.4 Å². The zero-order chi connectivity index (χ0) is 9.90. The lowest BCUT2D eigenvalue weighted by Gasteiger charge is -2.26. The van der Waals surface area contributed by atoms with Crippen molar-refractivity contribution in [1.82, 2.24) is 0 Å². The van der Waals surface area contributed by atoms with E-state index in [1.165, 1.54) is 13.5 Å². The van der Waals surface area contributed by atoms with E-state index in [1.54, 1.807) is 0 Å². The maximum Gasteiger partial charge on any atom is 0.334 e. The van der Waals surface area contributed by atoms with Gasteiger partial charge >= 0.3 is 5.97 Å². The van der Waals surface area contributed by atoms with Crippen LogP contribution in [-0.4, -0.2) is 31.1 Å². The van der Waals surface area contributed by atoms with Crippen LogP contribution in [0.5, 0.6) is 0 Å². The molecule has 0 N–H and O–H groups in total. The van der Waals surface area contributed by atoms with Crippen LogP contribution in [0, 0.1) is 0 Å². The molecule has 0 aromatic rings. The molecule has 0 fully saturated rings. The minimum absolute atomic E-state index is 0.329. The summed E-state index contributed by atoms with van der Waals surface area (Å²) in [6.07, 6.45) is 3.09. The molecule has 2 atom stereocenters. The maximum absolute atomic E-state index is 11.3. The van der Waals surface area contributed by atoms with Crippen LogP contribution in [0.15, 0.2) is 4.99 Å². The Morgan fingerprint density at radius 2 is 2.46 bits per heavy atom. The van der Waals surface area contributed by atoms with Crippen molar-refractivity contribution in [3.8, 4) is 0 Å². The number of ether oxygens (including phenoxy) is 2. The quantitative estimate of drug-likeness (QED) is 0.619. The van der Waals surface area contributed by atoms with Gasteiger partial charge in [-0.15, -0.1) is 0 Å². The minimum Gasteiger partial charge on any atom is -0.475 e. The number of nitrogens with zero attached hydrogens (tertiary/aromatic N) is 1. The summed E-state index contributed by atoms with van der Waals surface area (Å²) in [4.78, 5) is 15.2. The summed E-state index contributed by atoms with van der Waals surface area (Å²) in [6, 6.07) is -0.502. The van der Waals surface area contributed by atoms with Crippen molar-refractivity contribution in [2.24, 2.45) is 4.99 Å². The highest BCUT2D eigenvalue weighted by atomic mass is 16.5. The average molecular weight is 185 g/mol. The molecule has 0 saturated heterocycles. The molecule has 0 aromatic heterocycles. The van der Waals surface area contributed by atoms with Gasteiger partial charge in [0.2, 0.25) is 0 Å². The van der Waals surface area contributed by atoms with Gasteiger partial charge in [0.25, 0.3) is 0 Å². The monoisotopic (exact) mass is 185 g/mol. The van der Waals surface area contributed by atoms with E-state index < -0.39 is 11.6 Å². The van der Waals surface area contributed by atoms with Crippen molar-refractivity contribution in [2.45, 2.75) is 38.3 Å². The highest BCUT2D eigenvalue weighted by molar-refractivity contribution is 5.80. The molecule has 0 saturated carbocycles. The van der Waals surface area contributed by atoms with E-state index >= 15 is 0 Å². The van der Waals surface area contributed by atoms with Crippen LogP contribution < -0.4 is 0 Å². The molecule has 1 rings (SSSR count). The lowest BCUT2D eigenvalue weighted by Crippen LogP contribution is -2.42. The average Bonchev–Trinajstić information content (AvgIpc) is 2.47. The first-order chi connectivity index (χ1) is 6.14. The summed E-state index contributed by atoms with van der Waals surface area (Å²) in [5, 5.41) is 0. The van der Waals surface area contributed by atoms with Crippen LogP contribution in [0.2, 0.25) is 0 Å². The van der Waals surface area contributed by atoms with E-state index in [0.717, 1.165) is 12.8 Å². The van der Waals surface area contributed by atoms with E-state index in [2.05, 4.69) is 9.73 Å². The first kappa shape index (κ1) is 10.0. The fourth-order valence-corrected chi connectivity index (χ4v) is 1.55. The van der Waals surface area contributed by atoms with Crippen LogP contribution >= 0.6 is 0 Å². The SMILES string of the molecule is CCC[C@]1(C)OC=N[C@@H]1C(=O)OC. The minimum atomic E-state index is -0.512. The van der Waals surface area contributed by atoms with E-state index in [4.69, 9.17) is 4.74 Å². The van der Waals surface area contributed by atoms with Crippen molar-refractivity contribution in [1.29, 1.82) is 0 Å². The topological polar surface area (TPSA) is 47.9 Å². The Kier molecular flexibility index (Phi) is 2.90. The molecule has 0 spiro atoms. The standard InChI is InChI=1S/C9H15NO3/c1-4-5-9(2)7(8(11)12-3)10-6-13-9/h6-7H,4-5H2,1-3H3/t7-,9+/m1/s1. The number of hydrogen-bond acceptors (Lipinski definition) is 4. The molecule has 0 bridgehead atoms. The fourth-order valence-electron chi connectivity index (χ4n) is 1.55. The van der Waals surface area contributed by atoms with Crippen molar-refractivity contribution >= 4 is 12.4 Å². The zero-order valence-corrected chi connectivity index (χ0v) is 8.24. The van der Waals surface area contributed by atoms with Gasteiger partial charge in [-0.2, -0.15) is 0 Å². The third-order valence-corrected chi connectivity index (χ3v) is 2.28. The molecule has 0 amide bonds. The Morgan fingerprint density at radius 3 is 3.00 bits per heavy atom. The van der Waals surface area contributed by atoms with Gasteiger partial charge in [-0.3, -0.25) is 0 Å². The maximum atomic E-state index is 11.3. The van der Waals surface area contributed by atoms with E-state index in [1.807, 2.05) is 13.8 Å². The second kappa shape index (κ2) is 3.77. The number of esters is 1. The lowest BCUT2D eigenvalue weighted by atomic mass is 9.92. The van der Waals surface area contributed by atoms with Crippen molar-refractivity contribution in [2.75, 3.05) is 7.11 Å². The predicted octanol–water partition coefficient (Wildman–Crippen LogP) is 1.15. The smallest absolute Gasteiger partial charge is 0.334 e. The predicted molar refractivity (Wildman–Crippen MR) is 48.7 cm³/mol. The first-order valence-electron chi connectivity index (χ1n) is 4.41. The number of methoxy groups -OCH3 is 1. The fraction of sp³-hybridized carbons (Fsp3) is 0.778. The van der Waals surface area contributed by atoms with Gasteiger partial charge in [-0.25, -0.2) is 9.79 Å². The molecule has 1 heterocycles. The molecule has 1 aliphatic rings. The third kappa shape index (κ3) is 1.82. The summed E-state index contributed by atoms with van der Waals surface area (Å²) in [7, 11) is 1.36. The van der Waals surface area contributed by atoms with Gasteiger partial charge in [0, 0.05) is 0 Å². The largest absolute Gasteiger partial charge is 0.475 e. The Hall–Kier alpha value is -1.06. The molecule has 74 valence electrons. The molecule has 0 unspecified atom stereocenters. The summed E-state index contributed by atoms with van der Waals surface area (Å²) in [6.45, 7) is 3.92. The highest BCUT2D eigenvalue weighted by Gasteiger charge is 2.43. The molecular formula is C9H15NO3. The molecule has 1 aliphatic heterocycles. The summed E-state index contributed by atoms with van der Waals surface area (Å²) < 4.78 is 9.97. The number of hydrogen-bond donors (Lipinski definition) is 0. The zero-order valence-electron chi connectivity index (χ0n) is 8.24. The van der Waals surface area contributed by atoms with Crippen LogP contribution in [0.1, 0.15) is 26.7 Å². The summed E-state index contributed by atoms with van der Waals surface area (Å²) in [5.74, 6) is -0.329. The molecular weight excluding hydrogens is 170 g/mol. The lowest BCUT2D eigenvalue weighted by molar-refractivity contribution is -0.146. The molecule has 0 aromatic carbocycles. The van der Waals surface area contributed by atoms with Crippen LogP contribution in [0.25, 0.3) is 0 Å². The number of rotatable bonds is 3. The molecule has 4 nitrogen and oxygen atoms in total. The van der Waals surface area contributed by atoms with Crippen molar-refractivity contribution in [3.63, 3.8) is 0 Å².